The van der Waals surface area contributed by atoms with E-state index < -0.39 is 0 Å². The molecule has 128 valence electrons. The van der Waals surface area contributed by atoms with Crippen molar-refractivity contribution in [1.82, 2.24) is 0 Å². The van der Waals surface area contributed by atoms with Crippen LogP contribution in [0, 0.1) is 17.8 Å². The maximum absolute atomic E-state index is 6.52. The van der Waals surface area contributed by atoms with Gasteiger partial charge in [0.15, 0.2) is 0 Å². The Morgan fingerprint density at radius 1 is 0.792 bits per heavy atom. The van der Waals surface area contributed by atoms with Crippen LogP contribution < -0.4 is 0 Å². The number of ether oxygens (including phenoxy) is 1. The predicted octanol–water partition coefficient (Wildman–Crippen LogP) is 6.04. The number of hydrogen-bond acceptors (Lipinski definition) is 1. The van der Waals surface area contributed by atoms with Gasteiger partial charge in [-0.3, -0.25) is 0 Å². The Bertz CT molecular complexity index is 646. The van der Waals surface area contributed by atoms with Crippen molar-refractivity contribution in [2.24, 2.45) is 17.8 Å². The molecule has 0 aromatic heterocycles. The molecule has 2 aromatic carbocycles. The standard InChI is InChI=1S/C23H30O/c1-5-22-17(3)16(2)18(4)23(24-22)21-13-9-12-20(15-21)14-19-10-7-6-8-11-19/h6-13,15-18,22-23H,5,14H2,1-4H3/t16-,17+,18+,22+,23+/m0/s1. The minimum absolute atomic E-state index is 0.219. The molecule has 1 fully saturated rings. The summed E-state index contributed by atoms with van der Waals surface area (Å²) < 4.78 is 6.52. The lowest BCUT2D eigenvalue weighted by Gasteiger charge is -2.44. The summed E-state index contributed by atoms with van der Waals surface area (Å²) in [5, 5.41) is 0. The smallest absolute Gasteiger partial charge is 0.0857 e. The molecule has 1 aliphatic rings. The molecule has 2 aromatic rings. The van der Waals surface area contributed by atoms with E-state index in [9.17, 15) is 0 Å². The van der Waals surface area contributed by atoms with Gasteiger partial charge in [-0.25, -0.2) is 0 Å². The van der Waals surface area contributed by atoms with Crippen LogP contribution in [0.5, 0.6) is 0 Å². The second-order valence-corrected chi connectivity index (χ2v) is 7.49. The Kier molecular flexibility index (Phi) is 5.40. The molecule has 0 spiro atoms. The van der Waals surface area contributed by atoms with Crippen LogP contribution in [0.2, 0.25) is 0 Å². The SMILES string of the molecule is CC[C@H]1O[C@@H](c2cccc(Cc3ccccc3)c2)[C@H](C)[C@@H](C)[C@H]1C. The normalized spacial score (nSPS) is 30.2. The number of hydrogen-bond donors (Lipinski definition) is 0. The van der Waals surface area contributed by atoms with Gasteiger partial charge in [0.2, 0.25) is 0 Å². The van der Waals surface area contributed by atoms with E-state index in [1.165, 1.54) is 16.7 Å². The molecule has 3 rings (SSSR count). The van der Waals surface area contributed by atoms with Gasteiger partial charge < -0.3 is 4.74 Å². The molecule has 1 nitrogen and oxygen atoms in total. The summed E-state index contributed by atoms with van der Waals surface area (Å²) in [5.74, 6) is 1.87. The van der Waals surface area contributed by atoms with E-state index in [1.807, 2.05) is 0 Å². The monoisotopic (exact) mass is 322 g/mol. The van der Waals surface area contributed by atoms with E-state index in [0.717, 1.165) is 12.8 Å². The highest BCUT2D eigenvalue weighted by atomic mass is 16.5. The van der Waals surface area contributed by atoms with Crippen molar-refractivity contribution in [2.75, 3.05) is 0 Å². The zero-order chi connectivity index (χ0) is 17.1. The molecular weight excluding hydrogens is 292 g/mol. The van der Waals surface area contributed by atoms with E-state index in [4.69, 9.17) is 4.74 Å². The summed E-state index contributed by atoms with van der Waals surface area (Å²) >= 11 is 0. The van der Waals surface area contributed by atoms with E-state index in [-0.39, 0.29) is 6.10 Å². The molecular formula is C23H30O. The zero-order valence-corrected chi connectivity index (χ0v) is 15.4. The van der Waals surface area contributed by atoms with Gasteiger partial charge in [-0.1, -0.05) is 82.3 Å². The summed E-state index contributed by atoms with van der Waals surface area (Å²) in [6, 6.07) is 19.7. The predicted molar refractivity (Wildman–Crippen MR) is 101 cm³/mol. The van der Waals surface area contributed by atoms with Gasteiger partial charge in [0, 0.05) is 0 Å². The Hall–Kier alpha value is -1.60. The Morgan fingerprint density at radius 3 is 2.21 bits per heavy atom. The number of rotatable bonds is 4. The minimum atomic E-state index is 0.219. The van der Waals surface area contributed by atoms with Gasteiger partial charge in [-0.15, -0.1) is 0 Å². The molecule has 0 bridgehead atoms. The first-order valence-corrected chi connectivity index (χ1v) is 9.38. The van der Waals surface area contributed by atoms with Crippen molar-refractivity contribution < 1.29 is 4.74 Å². The van der Waals surface area contributed by atoms with E-state index in [2.05, 4.69) is 82.3 Å². The zero-order valence-electron chi connectivity index (χ0n) is 15.4. The van der Waals surface area contributed by atoms with Gasteiger partial charge in [0.25, 0.3) is 0 Å². The second-order valence-electron chi connectivity index (χ2n) is 7.49. The summed E-state index contributed by atoms with van der Waals surface area (Å²) in [6.07, 6.45) is 2.67. The largest absolute Gasteiger partial charge is 0.370 e. The molecule has 24 heavy (non-hydrogen) atoms. The highest BCUT2D eigenvalue weighted by Crippen LogP contribution is 2.43. The third-order valence-electron chi connectivity index (χ3n) is 5.98. The van der Waals surface area contributed by atoms with Crippen LogP contribution in [-0.4, -0.2) is 6.10 Å². The summed E-state index contributed by atoms with van der Waals surface area (Å²) in [5.41, 5.74) is 4.07. The van der Waals surface area contributed by atoms with Crippen LogP contribution in [0.3, 0.4) is 0 Å². The van der Waals surface area contributed by atoms with Crippen LogP contribution in [0.4, 0.5) is 0 Å². The topological polar surface area (TPSA) is 9.23 Å². The first kappa shape index (κ1) is 17.2. The van der Waals surface area contributed by atoms with E-state index in [1.54, 1.807) is 0 Å². The molecule has 1 saturated heterocycles. The van der Waals surface area contributed by atoms with Crippen molar-refractivity contribution in [1.29, 1.82) is 0 Å². The fourth-order valence-corrected chi connectivity index (χ4v) is 4.09. The third-order valence-corrected chi connectivity index (χ3v) is 5.98. The third kappa shape index (κ3) is 3.57. The van der Waals surface area contributed by atoms with Crippen molar-refractivity contribution in [3.63, 3.8) is 0 Å². The molecule has 1 heterocycles. The molecule has 1 heteroatoms. The van der Waals surface area contributed by atoms with E-state index >= 15 is 0 Å². The van der Waals surface area contributed by atoms with Crippen LogP contribution in [0.15, 0.2) is 54.6 Å². The fourth-order valence-electron chi connectivity index (χ4n) is 4.09. The van der Waals surface area contributed by atoms with Crippen LogP contribution in [0.1, 0.15) is 56.9 Å². The van der Waals surface area contributed by atoms with Crippen LogP contribution in [-0.2, 0) is 11.2 Å². The van der Waals surface area contributed by atoms with Gasteiger partial charge in [-0.05, 0) is 47.3 Å². The van der Waals surface area contributed by atoms with E-state index in [0.29, 0.717) is 23.9 Å². The molecule has 1 aliphatic heterocycles. The Balaban J connectivity index is 1.82. The van der Waals surface area contributed by atoms with Crippen molar-refractivity contribution in [3.05, 3.63) is 71.3 Å². The summed E-state index contributed by atoms with van der Waals surface area (Å²) in [7, 11) is 0. The Labute approximate surface area is 147 Å². The quantitative estimate of drug-likeness (QED) is 0.667. The molecule has 0 N–H and O–H groups in total. The second kappa shape index (κ2) is 7.53. The lowest BCUT2D eigenvalue weighted by atomic mass is 9.74. The minimum Gasteiger partial charge on any atom is -0.370 e. The first-order chi connectivity index (χ1) is 11.6. The molecule has 0 aliphatic carbocycles. The maximum atomic E-state index is 6.52. The molecule has 0 saturated carbocycles. The molecule has 5 atom stereocenters. The number of benzene rings is 2. The molecule has 0 amide bonds. The van der Waals surface area contributed by atoms with Gasteiger partial charge in [0.05, 0.1) is 12.2 Å². The highest BCUT2D eigenvalue weighted by Gasteiger charge is 2.38. The van der Waals surface area contributed by atoms with Crippen molar-refractivity contribution >= 4 is 0 Å². The van der Waals surface area contributed by atoms with Crippen molar-refractivity contribution in [3.8, 4) is 0 Å². The first-order valence-electron chi connectivity index (χ1n) is 9.38. The van der Waals surface area contributed by atoms with Crippen LogP contribution in [0.25, 0.3) is 0 Å². The van der Waals surface area contributed by atoms with Gasteiger partial charge in [-0.2, -0.15) is 0 Å². The fraction of sp³-hybridized carbons (Fsp3) is 0.478. The molecule has 0 radical (unpaired) electrons. The van der Waals surface area contributed by atoms with Gasteiger partial charge >= 0.3 is 0 Å². The summed E-state index contributed by atoms with van der Waals surface area (Å²) in [6.45, 7) is 9.33. The Morgan fingerprint density at radius 2 is 1.50 bits per heavy atom. The highest BCUT2D eigenvalue weighted by molar-refractivity contribution is 5.31. The lowest BCUT2D eigenvalue weighted by molar-refractivity contribution is -0.136. The van der Waals surface area contributed by atoms with Crippen molar-refractivity contribution in [2.45, 2.75) is 52.7 Å². The van der Waals surface area contributed by atoms with Crippen LogP contribution >= 0.6 is 0 Å². The molecule has 0 unspecified atom stereocenters. The van der Waals surface area contributed by atoms with Gasteiger partial charge in [0.1, 0.15) is 0 Å². The average Bonchev–Trinajstić information content (AvgIpc) is 2.61. The summed E-state index contributed by atoms with van der Waals surface area (Å²) in [4.78, 5) is 0. The maximum Gasteiger partial charge on any atom is 0.0857 e. The lowest BCUT2D eigenvalue weighted by Crippen LogP contribution is -2.40. The average molecular weight is 322 g/mol.